The molecule has 1 fully saturated rings. The molecule has 2 aromatic heterocycles. The molecule has 1 saturated heterocycles. The van der Waals surface area contributed by atoms with Crippen molar-refractivity contribution in [3.63, 3.8) is 0 Å². The first kappa shape index (κ1) is 43.8. The van der Waals surface area contributed by atoms with Gasteiger partial charge in [-0.05, 0) is 84.8 Å². The standard InChI is InChI=1S/C39H59ClN6O8Si/c1-14-50-37(48)46-17-18-49-22-27(46)20-41-34-24(2)33(32-25(3)44-53-26(32)4)42-35(43-34)30-19-28(15-16-31(30)40)51-23-29(54-55(12,13)39(8,9)10)21-45(11)36(47)52-38(5,6)7/h15-16,19,27,29H,14,17-18,20-23H2,1-13H3,(H,41,42,43)/t27-,29?/m0/s1. The number of benzene rings is 1. The summed E-state index contributed by atoms with van der Waals surface area (Å²) in [6, 6.07) is 5.03. The van der Waals surface area contributed by atoms with Crippen LogP contribution in [-0.2, 0) is 18.6 Å². The van der Waals surface area contributed by atoms with E-state index < -0.39 is 26.1 Å². The fraction of sp³-hybridized carbons (Fsp3) is 0.615. The van der Waals surface area contributed by atoms with Crippen LogP contribution in [0.4, 0.5) is 15.4 Å². The number of ether oxygens (including phenoxy) is 4. The van der Waals surface area contributed by atoms with Crippen LogP contribution in [0.2, 0.25) is 23.2 Å². The number of nitrogens with one attached hydrogen (secondary N) is 1. The predicted octanol–water partition coefficient (Wildman–Crippen LogP) is 8.28. The molecule has 3 aromatic rings. The third kappa shape index (κ3) is 11.3. The molecule has 0 bridgehead atoms. The number of amides is 2. The third-order valence-corrected chi connectivity index (χ3v) is 14.6. The Morgan fingerprint density at radius 1 is 1.13 bits per heavy atom. The van der Waals surface area contributed by atoms with Crippen molar-refractivity contribution >= 4 is 37.9 Å². The smallest absolute Gasteiger partial charge is 0.410 e. The number of carbonyl (C=O) groups excluding carboxylic acids is 2. The molecule has 1 aromatic carbocycles. The number of aromatic nitrogens is 3. The normalized spacial score (nSPS) is 15.7. The van der Waals surface area contributed by atoms with Crippen molar-refractivity contribution < 1.29 is 37.5 Å². The Morgan fingerprint density at radius 2 is 1.84 bits per heavy atom. The first-order valence-electron chi connectivity index (χ1n) is 18.7. The van der Waals surface area contributed by atoms with E-state index >= 15 is 0 Å². The number of likely N-dealkylation sites (N-methyl/N-ethyl adjacent to an activating group) is 1. The largest absolute Gasteiger partial charge is 0.491 e. The second-order valence-electron chi connectivity index (χ2n) is 16.4. The zero-order valence-corrected chi connectivity index (χ0v) is 36.5. The number of rotatable bonds is 13. The summed E-state index contributed by atoms with van der Waals surface area (Å²) < 4.78 is 35.4. The average Bonchev–Trinajstić information content (AvgIpc) is 3.43. The fourth-order valence-corrected chi connectivity index (χ4v) is 7.28. The second-order valence-corrected chi connectivity index (χ2v) is 21.5. The third-order valence-electron chi connectivity index (χ3n) is 9.72. The molecular weight excluding hydrogens is 744 g/mol. The van der Waals surface area contributed by atoms with Crippen molar-refractivity contribution in [3.05, 3.63) is 40.2 Å². The number of hydrogen-bond acceptors (Lipinski definition) is 12. The molecule has 0 saturated carbocycles. The highest BCUT2D eigenvalue weighted by atomic mass is 35.5. The Bertz CT molecular complexity index is 1790. The molecule has 3 heterocycles. The molecule has 1 aliphatic heterocycles. The van der Waals surface area contributed by atoms with Crippen molar-refractivity contribution in [1.82, 2.24) is 24.9 Å². The lowest BCUT2D eigenvalue weighted by Gasteiger charge is -2.40. The molecule has 1 N–H and O–H groups in total. The van der Waals surface area contributed by atoms with Crippen LogP contribution in [0.3, 0.4) is 0 Å². The summed E-state index contributed by atoms with van der Waals surface area (Å²) in [7, 11) is -0.575. The van der Waals surface area contributed by atoms with E-state index in [-0.39, 0.29) is 36.9 Å². The predicted molar refractivity (Wildman–Crippen MR) is 215 cm³/mol. The summed E-state index contributed by atoms with van der Waals surface area (Å²) in [4.78, 5) is 38.8. The Balaban J connectivity index is 1.68. The van der Waals surface area contributed by atoms with Crippen LogP contribution < -0.4 is 10.1 Å². The summed E-state index contributed by atoms with van der Waals surface area (Å²) in [5, 5.41) is 7.97. The van der Waals surface area contributed by atoms with Crippen molar-refractivity contribution in [2.45, 2.75) is 105 Å². The summed E-state index contributed by atoms with van der Waals surface area (Å²) >= 11 is 6.86. The lowest BCUT2D eigenvalue weighted by Crippen LogP contribution is -2.52. The second kappa shape index (κ2) is 17.9. The van der Waals surface area contributed by atoms with Gasteiger partial charge in [0.2, 0.25) is 0 Å². The number of hydrogen-bond donors (Lipinski definition) is 1. The molecule has 304 valence electrons. The van der Waals surface area contributed by atoms with Crippen LogP contribution in [0, 0.1) is 20.8 Å². The highest BCUT2D eigenvalue weighted by Gasteiger charge is 2.40. The summed E-state index contributed by atoms with van der Waals surface area (Å²) in [5.74, 6) is 2.02. The van der Waals surface area contributed by atoms with Gasteiger partial charge in [0.15, 0.2) is 14.1 Å². The Kier molecular flexibility index (Phi) is 14.3. The van der Waals surface area contributed by atoms with E-state index in [4.69, 9.17) is 49.5 Å². The molecule has 0 aliphatic carbocycles. The Hall–Kier alpha value is -3.92. The Morgan fingerprint density at radius 3 is 2.45 bits per heavy atom. The maximum atomic E-state index is 12.9. The van der Waals surface area contributed by atoms with Crippen molar-refractivity contribution in [2.75, 3.05) is 58.4 Å². The molecule has 1 unspecified atom stereocenters. The highest BCUT2D eigenvalue weighted by molar-refractivity contribution is 6.74. The fourth-order valence-electron chi connectivity index (χ4n) is 5.75. The topological polar surface area (TPSA) is 151 Å². The van der Waals surface area contributed by atoms with E-state index in [1.54, 1.807) is 37.1 Å². The van der Waals surface area contributed by atoms with Crippen LogP contribution >= 0.6 is 11.6 Å². The molecule has 0 radical (unpaired) electrons. The van der Waals surface area contributed by atoms with Crippen molar-refractivity contribution in [3.8, 4) is 28.4 Å². The van der Waals surface area contributed by atoms with Crippen molar-refractivity contribution in [1.29, 1.82) is 0 Å². The maximum Gasteiger partial charge on any atom is 0.410 e. The van der Waals surface area contributed by atoms with Crippen LogP contribution in [0.25, 0.3) is 22.6 Å². The van der Waals surface area contributed by atoms with Gasteiger partial charge in [-0.2, -0.15) is 0 Å². The van der Waals surface area contributed by atoms with Crippen LogP contribution in [0.1, 0.15) is 65.5 Å². The zero-order valence-electron chi connectivity index (χ0n) is 34.7. The minimum atomic E-state index is -2.27. The average molecular weight is 803 g/mol. The van der Waals surface area contributed by atoms with Gasteiger partial charge in [0.25, 0.3) is 0 Å². The number of nitrogens with zero attached hydrogens (tertiary/aromatic N) is 5. The van der Waals surface area contributed by atoms with E-state index in [1.165, 1.54) is 4.90 Å². The first-order chi connectivity index (χ1) is 25.6. The molecular formula is C39H59ClN6O8Si. The molecule has 4 rings (SSSR count). The number of halogens is 1. The van der Waals surface area contributed by atoms with E-state index in [0.29, 0.717) is 71.4 Å². The van der Waals surface area contributed by atoms with E-state index in [9.17, 15) is 9.59 Å². The number of carbonyl (C=O) groups is 2. The van der Waals surface area contributed by atoms with Crippen molar-refractivity contribution in [2.24, 2.45) is 0 Å². The van der Waals surface area contributed by atoms with Gasteiger partial charge >= 0.3 is 12.2 Å². The molecule has 2 atom stereocenters. The molecule has 2 amide bonds. The summed E-state index contributed by atoms with van der Waals surface area (Å²) in [6.45, 7) is 26.0. The lowest BCUT2D eigenvalue weighted by atomic mass is 10.0. The van der Waals surface area contributed by atoms with Gasteiger partial charge < -0.3 is 38.1 Å². The van der Waals surface area contributed by atoms with Gasteiger partial charge in [0.1, 0.15) is 29.5 Å². The van der Waals surface area contributed by atoms with Gasteiger partial charge in [-0.25, -0.2) is 19.6 Å². The monoisotopic (exact) mass is 802 g/mol. The van der Waals surface area contributed by atoms with E-state index in [2.05, 4.69) is 44.3 Å². The Labute approximate surface area is 331 Å². The SMILES string of the molecule is CCOC(=O)N1CCOC[C@@H]1CNc1nc(-c2cc(OCC(CN(C)C(=O)OC(C)(C)C)O[Si](C)(C)C(C)(C)C)ccc2Cl)nc(-c2c(C)noc2C)c1C. The maximum absolute atomic E-state index is 12.9. The highest BCUT2D eigenvalue weighted by Crippen LogP contribution is 2.39. The van der Waals surface area contributed by atoms with Gasteiger partial charge in [-0.15, -0.1) is 0 Å². The van der Waals surface area contributed by atoms with Gasteiger partial charge in [0.05, 0.1) is 60.5 Å². The quantitative estimate of drug-likeness (QED) is 0.166. The minimum Gasteiger partial charge on any atom is -0.491 e. The molecule has 0 spiro atoms. The first-order valence-corrected chi connectivity index (χ1v) is 22.0. The molecule has 16 heteroatoms. The van der Waals surface area contributed by atoms with E-state index in [0.717, 1.165) is 11.1 Å². The number of aryl methyl sites for hydroxylation is 2. The van der Waals surface area contributed by atoms with E-state index in [1.807, 2.05) is 41.5 Å². The lowest BCUT2D eigenvalue weighted by molar-refractivity contribution is -0.00379. The van der Waals surface area contributed by atoms with Gasteiger partial charge in [0, 0.05) is 31.3 Å². The van der Waals surface area contributed by atoms with Gasteiger partial charge in [-0.1, -0.05) is 37.5 Å². The minimum absolute atomic E-state index is 0.0717. The molecule has 55 heavy (non-hydrogen) atoms. The number of anilines is 1. The zero-order chi connectivity index (χ0) is 40.9. The van der Waals surface area contributed by atoms with Crippen LogP contribution in [0.5, 0.6) is 5.75 Å². The number of morpholine rings is 1. The van der Waals surface area contributed by atoms with Crippen LogP contribution in [-0.4, -0.2) is 116 Å². The summed E-state index contributed by atoms with van der Waals surface area (Å²) in [5.41, 5.74) is 2.72. The van der Waals surface area contributed by atoms with Gasteiger partial charge in [-0.3, -0.25) is 4.90 Å². The molecule has 1 aliphatic rings. The summed E-state index contributed by atoms with van der Waals surface area (Å²) in [6.07, 6.45) is -1.27. The molecule has 14 nitrogen and oxygen atoms in total. The van der Waals surface area contributed by atoms with Crippen LogP contribution in [0.15, 0.2) is 22.7 Å².